The van der Waals surface area contributed by atoms with Crippen LogP contribution < -0.4 is 16.4 Å². The third kappa shape index (κ3) is 3.45. The molecule has 1 aromatic heterocycles. The van der Waals surface area contributed by atoms with Crippen LogP contribution in [0.2, 0.25) is 5.28 Å². The number of nitrogens with zero attached hydrogens (tertiary/aromatic N) is 2. The minimum atomic E-state index is -0.442. The Hall–Kier alpha value is -1.56. The molecule has 4 N–H and O–H groups in total. The molecular formula is C10H16ClN5O. The van der Waals surface area contributed by atoms with Crippen molar-refractivity contribution >= 4 is 29.0 Å². The molecule has 0 saturated heterocycles. The van der Waals surface area contributed by atoms with Crippen LogP contribution in [0.15, 0.2) is 0 Å². The Morgan fingerprint density at radius 1 is 1.53 bits per heavy atom. The number of carbonyl (C=O) groups is 1. The molecule has 6 nitrogen and oxygen atoms in total. The number of amides is 1. The molecule has 0 aliphatic rings. The van der Waals surface area contributed by atoms with E-state index in [0.29, 0.717) is 23.7 Å². The lowest BCUT2D eigenvalue weighted by Gasteiger charge is -2.15. The highest BCUT2D eigenvalue weighted by molar-refractivity contribution is 6.28. The van der Waals surface area contributed by atoms with Crippen molar-refractivity contribution in [1.82, 2.24) is 15.3 Å². The van der Waals surface area contributed by atoms with Crippen LogP contribution >= 0.6 is 11.6 Å². The molecule has 0 saturated carbocycles. The molecule has 0 radical (unpaired) electrons. The summed E-state index contributed by atoms with van der Waals surface area (Å²) in [5, 5.41) is 5.70. The molecular weight excluding hydrogens is 242 g/mol. The van der Waals surface area contributed by atoms with Crippen molar-refractivity contribution in [2.24, 2.45) is 0 Å². The maximum Gasteiger partial charge on any atom is 0.242 e. The van der Waals surface area contributed by atoms with E-state index in [1.54, 1.807) is 13.8 Å². The van der Waals surface area contributed by atoms with Crippen LogP contribution in [0.25, 0.3) is 0 Å². The molecule has 1 heterocycles. The number of anilines is 2. The van der Waals surface area contributed by atoms with Crippen molar-refractivity contribution in [3.8, 4) is 0 Å². The predicted octanol–water partition coefficient (Wildman–Crippen LogP) is 0.957. The van der Waals surface area contributed by atoms with Crippen LogP contribution in [0.4, 0.5) is 11.5 Å². The van der Waals surface area contributed by atoms with Gasteiger partial charge in [0.1, 0.15) is 6.04 Å². The number of aromatic nitrogens is 2. The fourth-order valence-corrected chi connectivity index (χ4v) is 1.47. The summed E-state index contributed by atoms with van der Waals surface area (Å²) in [5.74, 6) is 0.251. The summed E-state index contributed by atoms with van der Waals surface area (Å²) in [7, 11) is 0. The average Bonchev–Trinajstić information content (AvgIpc) is 2.25. The molecule has 94 valence electrons. The minimum absolute atomic E-state index is 0.0994. The Bertz CT molecular complexity index is 423. The summed E-state index contributed by atoms with van der Waals surface area (Å²) in [5.41, 5.74) is 6.77. The van der Waals surface area contributed by atoms with E-state index in [9.17, 15) is 4.79 Å². The first kappa shape index (κ1) is 13.5. The Labute approximate surface area is 105 Å². The zero-order chi connectivity index (χ0) is 13.0. The molecule has 0 spiro atoms. The lowest BCUT2D eigenvalue weighted by atomic mass is 10.3. The quantitative estimate of drug-likeness (QED) is 0.699. The van der Waals surface area contributed by atoms with Gasteiger partial charge in [-0.25, -0.2) is 4.98 Å². The number of rotatable bonds is 4. The SMILES string of the molecule is CCNC(=O)C(C)Nc1nc(Cl)nc(C)c1N. The molecule has 0 bridgehead atoms. The van der Waals surface area contributed by atoms with Gasteiger partial charge in [-0.1, -0.05) is 0 Å². The van der Waals surface area contributed by atoms with Gasteiger partial charge in [0.25, 0.3) is 0 Å². The highest BCUT2D eigenvalue weighted by Gasteiger charge is 2.15. The van der Waals surface area contributed by atoms with Gasteiger partial charge in [-0.15, -0.1) is 0 Å². The summed E-state index contributed by atoms with van der Waals surface area (Å²) in [6.07, 6.45) is 0. The zero-order valence-corrected chi connectivity index (χ0v) is 10.8. The average molecular weight is 258 g/mol. The number of likely N-dealkylation sites (N-methyl/N-ethyl adjacent to an activating group) is 1. The van der Waals surface area contributed by atoms with E-state index in [1.807, 2.05) is 6.92 Å². The van der Waals surface area contributed by atoms with E-state index in [-0.39, 0.29) is 11.2 Å². The van der Waals surface area contributed by atoms with Gasteiger partial charge in [-0.3, -0.25) is 4.79 Å². The van der Waals surface area contributed by atoms with Crippen LogP contribution in [0, 0.1) is 6.92 Å². The third-order valence-corrected chi connectivity index (χ3v) is 2.38. The zero-order valence-electron chi connectivity index (χ0n) is 10.0. The van der Waals surface area contributed by atoms with E-state index >= 15 is 0 Å². The second-order valence-electron chi connectivity index (χ2n) is 3.60. The lowest BCUT2D eigenvalue weighted by molar-refractivity contribution is -0.121. The summed E-state index contributed by atoms with van der Waals surface area (Å²) in [6.45, 7) is 5.87. The summed E-state index contributed by atoms with van der Waals surface area (Å²) < 4.78 is 0. The Morgan fingerprint density at radius 3 is 2.76 bits per heavy atom. The van der Waals surface area contributed by atoms with Gasteiger partial charge in [0.05, 0.1) is 11.4 Å². The number of carbonyl (C=O) groups excluding carboxylic acids is 1. The molecule has 1 aromatic rings. The van der Waals surface area contributed by atoms with E-state index in [4.69, 9.17) is 17.3 Å². The molecule has 1 unspecified atom stereocenters. The van der Waals surface area contributed by atoms with Gasteiger partial charge in [-0.2, -0.15) is 4.98 Å². The summed E-state index contributed by atoms with van der Waals surface area (Å²) in [6, 6.07) is -0.442. The van der Waals surface area contributed by atoms with Gasteiger partial charge in [0, 0.05) is 6.54 Å². The van der Waals surface area contributed by atoms with Gasteiger partial charge < -0.3 is 16.4 Å². The largest absolute Gasteiger partial charge is 0.394 e. The van der Waals surface area contributed by atoms with Crippen molar-refractivity contribution in [2.75, 3.05) is 17.6 Å². The van der Waals surface area contributed by atoms with Gasteiger partial charge >= 0.3 is 0 Å². The number of nitrogens with two attached hydrogens (primary N) is 1. The first-order valence-electron chi connectivity index (χ1n) is 5.29. The molecule has 1 atom stereocenters. The van der Waals surface area contributed by atoms with Gasteiger partial charge in [0.2, 0.25) is 11.2 Å². The second kappa shape index (κ2) is 5.67. The van der Waals surface area contributed by atoms with E-state index in [2.05, 4.69) is 20.6 Å². The van der Waals surface area contributed by atoms with Crippen LogP contribution in [0.5, 0.6) is 0 Å². The van der Waals surface area contributed by atoms with Crippen LogP contribution in [0.3, 0.4) is 0 Å². The molecule has 0 fully saturated rings. The van der Waals surface area contributed by atoms with E-state index in [1.165, 1.54) is 0 Å². The maximum absolute atomic E-state index is 11.5. The summed E-state index contributed by atoms with van der Waals surface area (Å²) >= 11 is 5.73. The third-order valence-electron chi connectivity index (χ3n) is 2.21. The molecule has 1 rings (SSSR count). The highest BCUT2D eigenvalue weighted by Crippen LogP contribution is 2.21. The van der Waals surface area contributed by atoms with E-state index in [0.717, 1.165) is 0 Å². The van der Waals surface area contributed by atoms with Crippen molar-refractivity contribution < 1.29 is 4.79 Å². The van der Waals surface area contributed by atoms with Crippen molar-refractivity contribution in [3.05, 3.63) is 11.0 Å². The van der Waals surface area contributed by atoms with Gasteiger partial charge in [-0.05, 0) is 32.4 Å². The first-order valence-corrected chi connectivity index (χ1v) is 5.67. The Kier molecular flexibility index (Phi) is 4.51. The monoisotopic (exact) mass is 257 g/mol. The molecule has 17 heavy (non-hydrogen) atoms. The minimum Gasteiger partial charge on any atom is -0.394 e. The fourth-order valence-electron chi connectivity index (χ4n) is 1.26. The Balaban J connectivity index is 2.84. The normalized spacial score (nSPS) is 12.0. The smallest absolute Gasteiger partial charge is 0.242 e. The highest BCUT2D eigenvalue weighted by atomic mass is 35.5. The number of hydrogen-bond acceptors (Lipinski definition) is 5. The standard InChI is InChI=1S/C10H16ClN5O/c1-4-13-9(17)6(3)14-8-7(12)5(2)15-10(11)16-8/h6H,4,12H2,1-3H3,(H,13,17)(H,14,15,16). The van der Waals surface area contributed by atoms with Crippen LogP contribution in [-0.2, 0) is 4.79 Å². The number of hydrogen-bond donors (Lipinski definition) is 3. The fraction of sp³-hybridized carbons (Fsp3) is 0.500. The number of halogens is 1. The predicted molar refractivity (Wildman–Crippen MR) is 68.0 cm³/mol. The lowest BCUT2D eigenvalue weighted by Crippen LogP contribution is -2.37. The van der Waals surface area contributed by atoms with E-state index < -0.39 is 6.04 Å². The molecule has 0 aromatic carbocycles. The molecule has 0 aliphatic carbocycles. The van der Waals surface area contributed by atoms with Gasteiger partial charge in [0.15, 0.2) is 5.82 Å². The van der Waals surface area contributed by atoms with Crippen LogP contribution in [-0.4, -0.2) is 28.5 Å². The Morgan fingerprint density at radius 2 is 2.18 bits per heavy atom. The maximum atomic E-state index is 11.5. The molecule has 0 aliphatic heterocycles. The molecule has 7 heteroatoms. The number of nitrogens with one attached hydrogen (secondary N) is 2. The molecule has 1 amide bonds. The van der Waals surface area contributed by atoms with Crippen molar-refractivity contribution in [1.29, 1.82) is 0 Å². The topological polar surface area (TPSA) is 92.9 Å². The number of nitrogen functional groups attached to an aromatic ring is 1. The van der Waals surface area contributed by atoms with Crippen molar-refractivity contribution in [3.63, 3.8) is 0 Å². The second-order valence-corrected chi connectivity index (χ2v) is 3.94. The number of aryl methyl sites for hydroxylation is 1. The summed E-state index contributed by atoms with van der Waals surface area (Å²) in [4.78, 5) is 19.4. The van der Waals surface area contributed by atoms with Crippen molar-refractivity contribution in [2.45, 2.75) is 26.8 Å². The first-order chi connectivity index (χ1) is 7.95. The van der Waals surface area contributed by atoms with Crippen LogP contribution in [0.1, 0.15) is 19.5 Å².